The molecule has 0 aliphatic carbocycles. The number of rotatable bonds is 42. The van der Waals surface area contributed by atoms with Crippen molar-refractivity contribution in [3.8, 4) is 0 Å². The first-order valence-electron chi connectivity index (χ1n) is 28.3. The molecule has 4 atom stereocenters. The Morgan fingerprint density at radius 2 is 0.362 bits per heavy atom. The molecule has 356 valence electrons. The summed E-state index contributed by atoms with van der Waals surface area (Å²) >= 11 is 0. The van der Waals surface area contributed by atoms with Crippen LogP contribution in [0.25, 0.3) is 0 Å². The topological polar surface area (TPSA) is 0 Å². The van der Waals surface area contributed by atoms with Crippen LogP contribution in [0.3, 0.4) is 0 Å². The van der Waals surface area contributed by atoms with Crippen molar-refractivity contribution in [1.82, 2.24) is 0 Å². The second kappa shape index (κ2) is 61.3. The molecule has 0 spiro atoms. The van der Waals surface area contributed by atoms with Crippen molar-refractivity contribution in [3.63, 3.8) is 0 Å². The molecule has 0 bridgehead atoms. The quantitative estimate of drug-likeness (QED) is 0.0538. The lowest BCUT2D eigenvalue weighted by Gasteiger charge is -2.14. The minimum Gasteiger partial charge on any atom is -0.0654 e. The van der Waals surface area contributed by atoms with Crippen molar-refractivity contribution in [2.45, 2.75) is 353 Å². The summed E-state index contributed by atoms with van der Waals surface area (Å²) < 4.78 is 0. The van der Waals surface area contributed by atoms with Gasteiger partial charge in [-0.3, -0.25) is 0 Å². The van der Waals surface area contributed by atoms with E-state index in [1.807, 2.05) is 0 Å². The first-order chi connectivity index (χ1) is 28.3. The van der Waals surface area contributed by atoms with Crippen LogP contribution >= 0.6 is 0 Å². The maximum Gasteiger partial charge on any atom is -0.0417 e. The predicted molar refractivity (Wildman–Crippen MR) is 276 cm³/mol. The van der Waals surface area contributed by atoms with E-state index in [1.165, 1.54) is 270 Å². The molecule has 0 nitrogen and oxygen atoms in total. The fourth-order valence-corrected chi connectivity index (χ4v) is 8.48. The lowest BCUT2D eigenvalue weighted by Crippen LogP contribution is -1.99. The minimum atomic E-state index is 0.974. The average molecular weight is 822 g/mol. The summed E-state index contributed by atoms with van der Waals surface area (Å²) in [5, 5.41) is 0. The van der Waals surface area contributed by atoms with E-state index in [1.54, 1.807) is 0 Å². The Morgan fingerprint density at radius 1 is 0.190 bits per heavy atom. The van der Waals surface area contributed by atoms with Gasteiger partial charge in [-0.05, 0) is 23.7 Å². The third kappa shape index (κ3) is 62.6. The van der Waals surface area contributed by atoms with Crippen LogP contribution in [0.5, 0.6) is 0 Å². The molecule has 0 N–H and O–H groups in total. The molecule has 0 aromatic rings. The zero-order valence-electron chi connectivity index (χ0n) is 44.0. The third-order valence-corrected chi connectivity index (χ3v) is 13.2. The Labute approximate surface area is 375 Å². The van der Waals surface area contributed by atoms with Gasteiger partial charge in [0, 0.05) is 0 Å². The van der Waals surface area contributed by atoms with Crippen molar-refractivity contribution in [1.29, 1.82) is 0 Å². The van der Waals surface area contributed by atoms with Gasteiger partial charge in [0.25, 0.3) is 0 Å². The van der Waals surface area contributed by atoms with Crippen LogP contribution in [0.2, 0.25) is 0 Å². The normalized spacial score (nSPS) is 13.0. The first kappa shape index (κ1) is 64.6. The van der Waals surface area contributed by atoms with Crippen LogP contribution in [0.4, 0.5) is 0 Å². The van der Waals surface area contributed by atoms with Crippen LogP contribution in [0, 0.1) is 23.7 Å². The van der Waals surface area contributed by atoms with Gasteiger partial charge >= 0.3 is 0 Å². The van der Waals surface area contributed by atoms with Crippen molar-refractivity contribution < 1.29 is 0 Å². The second-order valence-corrected chi connectivity index (χ2v) is 19.6. The molecule has 0 fully saturated rings. The van der Waals surface area contributed by atoms with E-state index >= 15 is 0 Å². The fraction of sp³-hybridized carbons (Fsp3) is 1.00. The standard InChI is InChI=1S/C17H36.C16H34.C13H28.C12H26/c1-4-7-9-11-12-14-16-17(6-3)15-13-10-8-5-2;1-4-6-8-10-11-13-15-16(3)14-12-9-7-5-2;1-4-7-9-10-12-13(6-3)11-8-5-2;1-4-6-8-9-11-12(3)10-7-5-2/h17H,4-16H2,1-3H3;16H,4-15H2,1-3H3;13H,4-12H2,1-3H3;12H,4-11H2,1-3H3. The Balaban J connectivity index is -0.000000338. The maximum absolute atomic E-state index is 2.44. The molecule has 0 rings (SSSR count). The molecule has 0 heteroatoms. The highest BCUT2D eigenvalue weighted by atomic mass is 14.1. The van der Waals surface area contributed by atoms with Crippen molar-refractivity contribution in [3.05, 3.63) is 0 Å². The van der Waals surface area contributed by atoms with Gasteiger partial charge in [-0.1, -0.05) is 353 Å². The van der Waals surface area contributed by atoms with E-state index in [2.05, 4.69) is 83.1 Å². The Bertz CT molecular complexity index is 622. The summed E-state index contributed by atoms with van der Waals surface area (Å²) in [4.78, 5) is 0. The molecule has 0 saturated carbocycles. The zero-order valence-corrected chi connectivity index (χ0v) is 44.0. The molecule has 0 aromatic carbocycles. The Kier molecular flexibility index (Phi) is 68.3. The predicted octanol–water partition coefficient (Wildman–Crippen LogP) is 23.0. The molecule has 0 amide bonds. The Hall–Kier alpha value is 0. The molecule has 0 aliphatic rings. The van der Waals surface area contributed by atoms with Gasteiger partial charge in [0.05, 0.1) is 0 Å². The summed E-state index contributed by atoms with van der Waals surface area (Å²) in [6, 6.07) is 0. The highest BCUT2D eigenvalue weighted by Gasteiger charge is 2.07. The van der Waals surface area contributed by atoms with Gasteiger partial charge in [-0.25, -0.2) is 0 Å². The first-order valence-corrected chi connectivity index (χ1v) is 28.3. The molecular formula is C58H124. The van der Waals surface area contributed by atoms with Crippen LogP contribution in [0.1, 0.15) is 353 Å². The SMILES string of the molecule is CCCCCCC(C)CCCC.CCCCCCC(CC)CCCC.CCCCCCCCC(C)CCCCCC.CCCCCCCCC(CC)CCCCCC. The summed E-state index contributed by atoms with van der Waals surface area (Å²) in [5.41, 5.74) is 0. The molecule has 0 heterocycles. The highest BCUT2D eigenvalue weighted by Crippen LogP contribution is 2.22. The number of hydrogen-bond donors (Lipinski definition) is 0. The van der Waals surface area contributed by atoms with Gasteiger partial charge in [0.2, 0.25) is 0 Å². The minimum absolute atomic E-state index is 0.974. The monoisotopic (exact) mass is 821 g/mol. The Morgan fingerprint density at radius 3 is 0.621 bits per heavy atom. The van der Waals surface area contributed by atoms with Crippen LogP contribution < -0.4 is 0 Å². The zero-order chi connectivity index (χ0) is 44.0. The van der Waals surface area contributed by atoms with Gasteiger partial charge < -0.3 is 0 Å². The summed E-state index contributed by atoms with van der Waals surface area (Å²) in [6.07, 6.45) is 60.4. The van der Waals surface area contributed by atoms with E-state index in [4.69, 9.17) is 0 Å². The van der Waals surface area contributed by atoms with Gasteiger partial charge in [-0.15, -0.1) is 0 Å². The molecule has 58 heavy (non-hydrogen) atoms. The van der Waals surface area contributed by atoms with Gasteiger partial charge in [0.1, 0.15) is 0 Å². The molecule has 0 aliphatic heterocycles. The van der Waals surface area contributed by atoms with E-state index < -0.39 is 0 Å². The third-order valence-electron chi connectivity index (χ3n) is 13.2. The van der Waals surface area contributed by atoms with Crippen LogP contribution in [0.15, 0.2) is 0 Å². The maximum atomic E-state index is 2.44. The second-order valence-electron chi connectivity index (χ2n) is 19.6. The van der Waals surface area contributed by atoms with Crippen molar-refractivity contribution >= 4 is 0 Å². The molecule has 4 unspecified atom stereocenters. The summed E-state index contributed by atoms with van der Waals surface area (Å²) in [6.45, 7) is 27.9. The van der Waals surface area contributed by atoms with Crippen LogP contribution in [-0.4, -0.2) is 0 Å². The molecule has 0 radical (unpaired) electrons. The van der Waals surface area contributed by atoms with Crippen molar-refractivity contribution in [2.24, 2.45) is 23.7 Å². The summed E-state index contributed by atoms with van der Waals surface area (Å²) in [7, 11) is 0. The van der Waals surface area contributed by atoms with E-state index in [0.29, 0.717) is 0 Å². The van der Waals surface area contributed by atoms with Gasteiger partial charge in [-0.2, -0.15) is 0 Å². The smallest absolute Gasteiger partial charge is 0.0417 e. The molecule has 0 saturated heterocycles. The largest absolute Gasteiger partial charge is 0.0654 e. The highest BCUT2D eigenvalue weighted by molar-refractivity contribution is 4.60. The van der Waals surface area contributed by atoms with E-state index in [0.717, 1.165) is 23.7 Å². The molecule has 0 aromatic heterocycles. The van der Waals surface area contributed by atoms with E-state index in [9.17, 15) is 0 Å². The van der Waals surface area contributed by atoms with E-state index in [-0.39, 0.29) is 0 Å². The lowest BCUT2D eigenvalue weighted by atomic mass is 9.92. The van der Waals surface area contributed by atoms with Crippen LogP contribution in [-0.2, 0) is 0 Å². The fourth-order valence-electron chi connectivity index (χ4n) is 8.48. The number of unbranched alkanes of at least 4 members (excludes halogenated alkanes) is 24. The average Bonchev–Trinajstić information content (AvgIpc) is 3.24. The number of hydrogen-bond acceptors (Lipinski definition) is 0. The lowest BCUT2D eigenvalue weighted by molar-refractivity contribution is 0.394. The summed E-state index contributed by atoms with van der Waals surface area (Å²) in [5.74, 6) is 4.00. The van der Waals surface area contributed by atoms with Gasteiger partial charge in [0.15, 0.2) is 0 Å². The molecular weight excluding hydrogens is 697 g/mol. The van der Waals surface area contributed by atoms with Crippen molar-refractivity contribution in [2.75, 3.05) is 0 Å².